The van der Waals surface area contributed by atoms with E-state index in [0.29, 0.717) is 11.8 Å². The number of likely N-dealkylation sites (N-methyl/N-ethyl adjacent to an activating group) is 2. The summed E-state index contributed by atoms with van der Waals surface area (Å²) in [6.45, 7) is 9.07. The maximum absolute atomic E-state index is 12.3. The fourth-order valence-corrected chi connectivity index (χ4v) is 2.69. The van der Waals surface area contributed by atoms with Crippen LogP contribution in [0.1, 0.15) is 40.0 Å². The van der Waals surface area contributed by atoms with Crippen LogP contribution in [0.25, 0.3) is 0 Å². The van der Waals surface area contributed by atoms with Crippen LogP contribution in [0.3, 0.4) is 0 Å². The normalized spacial score (nSPS) is 18.7. The third-order valence-electron chi connectivity index (χ3n) is 3.92. The van der Waals surface area contributed by atoms with Crippen molar-refractivity contribution in [1.82, 2.24) is 10.2 Å². The van der Waals surface area contributed by atoms with Gasteiger partial charge in [0.25, 0.3) is 0 Å². The number of rotatable bonds is 9. The van der Waals surface area contributed by atoms with Crippen LogP contribution < -0.4 is 5.32 Å². The van der Waals surface area contributed by atoms with Crippen LogP contribution in [-0.2, 0) is 9.53 Å². The average molecular weight is 270 g/mol. The van der Waals surface area contributed by atoms with Gasteiger partial charge in [0.1, 0.15) is 5.54 Å². The van der Waals surface area contributed by atoms with Crippen LogP contribution in [0.15, 0.2) is 0 Å². The predicted octanol–water partition coefficient (Wildman–Crippen LogP) is 1.90. The van der Waals surface area contributed by atoms with Crippen molar-refractivity contribution in [3.8, 4) is 0 Å². The molecule has 1 fully saturated rings. The molecule has 4 heteroatoms. The topological polar surface area (TPSA) is 41.6 Å². The van der Waals surface area contributed by atoms with Gasteiger partial charge in [-0.15, -0.1) is 0 Å². The molecule has 1 aliphatic rings. The molecular formula is C15H30N2O2. The number of esters is 1. The number of nitrogens with zero attached hydrogens (tertiary/aromatic N) is 1. The molecule has 0 aromatic carbocycles. The Kier molecular flexibility index (Phi) is 6.27. The average Bonchev–Trinajstić information content (AvgIpc) is 3.19. The van der Waals surface area contributed by atoms with Crippen LogP contribution in [-0.4, -0.2) is 50.2 Å². The lowest BCUT2D eigenvalue weighted by Crippen LogP contribution is -2.60. The summed E-state index contributed by atoms with van der Waals surface area (Å²) in [4.78, 5) is 14.5. The first-order valence-corrected chi connectivity index (χ1v) is 7.48. The minimum absolute atomic E-state index is 0.103. The number of carbonyl (C=O) groups excluding carboxylic acids is 1. The zero-order valence-corrected chi connectivity index (χ0v) is 13.2. The Labute approximate surface area is 117 Å². The van der Waals surface area contributed by atoms with Crippen LogP contribution in [0.4, 0.5) is 0 Å². The molecular weight excluding hydrogens is 240 g/mol. The van der Waals surface area contributed by atoms with Gasteiger partial charge in [0.15, 0.2) is 0 Å². The molecule has 0 bridgehead atoms. The Morgan fingerprint density at radius 2 is 2.11 bits per heavy atom. The van der Waals surface area contributed by atoms with E-state index >= 15 is 0 Å². The molecule has 112 valence electrons. The maximum Gasteiger partial charge on any atom is 0.327 e. The fraction of sp³-hybridized carbons (Fsp3) is 0.933. The van der Waals surface area contributed by atoms with E-state index in [2.05, 4.69) is 31.1 Å². The molecule has 1 aliphatic carbocycles. The predicted molar refractivity (Wildman–Crippen MR) is 78.1 cm³/mol. The van der Waals surface area contributed by atoms with E-state index in [4.69, 9.17) is 4.74 Å². The van der Waals surface area contributed by atoms with Gasteiger partial charge in [-0.25, -0.2) is 4.79 Å². The highest BCUT2D eigenvalue weighted by Gasteiger charge is 2.51. The third-order valence-corrected chi connectivity index (χ3v) is 3.92. The number of ether oxygens (including phenoxy) is 1. The molecule has 0 heterocycles. The van der Waals surface area contributed by atoms with E-state index in [1.807, 2.05) is 6.92 Å². The number of hydrogen-bond donors (Lipinski definition) is 1. The van der Waals surface area contributed by atoms with Crippen molar-refractivity contribution in [1.29, 1.82) is 0 Å². The number of hydrogen-bond acceptors (Lipinski definition) is 4. The molecule has 19 heavy (non-hydrogen) atoms. The SMILES string of the molecule is CCNC(CN(C)CCC(C)C)(C(=O)OC)C1CC1. The molecule has 1 rings (SSSR count). The first kappa shape index (κ1) is 16.4. The van der Waals surface area contributed by atoms with E-state index in [-0.39, 0.29) is 5.97 Å². The smallest absolute Gasteiger partial charge is 0.327 e. The zero-order valence-electron chi connectivity index (χ0n) is 13.2. The first-order valence-electron chi connectivity index (χ1n) is 7.48. The summed E-state index contributed by atoms with van der Waals surface area (Å²) in [5, 5.41) is 3.41. The third kappa shape index (κ3) is 4.46. The summed E-state index contributed by atoms with van der Waals surface area (Å²) in [5.74, 6) is 1.02. The highest BCUT2D eigenvalue weighted by Crippen LogP contribution is 2.41. The van der Waals surface area contributed by atoms with Gasteiger partial charge >= 0.3 is 5.97 Å². The number of carbonyl (C=O) groups is 1. The lowest BCUT2D eigenvalue weighted by molar-refractivity contribution is -0.150. The summed E-state index contributed by atoms with van der Waals surface area (Å²) in [6.07, 6.45) is 3.41. The Bertz CT molecular complexity index is 290. The largest absolute Gasteiger partial charge is 0.468 e. The van der Waals surface area contributed by atoms with Crippen LogP contribution in [0.2, 0.25) is 0 Å². The number of methoxy groups -OCH3 is 1. The van der Waals surface area contributed by atoms with Crippen molar-refractivity contribution in [2.75, 3.05) is 33.8 Å². The van der Waals surface area contributed by atoms with Crippen molar-refractivity contribution in [2.45, 2.75) is 45.6 Å². The Hall–Kier alpha value is -0.610. The van der Waals surface area contributed by atoms with Crippen molar-refractivity contribution in [3.63, 3.8) is 0 Å². The van der Waals surface area contributed by atoms with Crippen molar-refractivity contribution >= 4 is 5.97 Å². The summed E-state index contributed by atoms with van der Waals surface area (Å²) < 4.78 is 5.07. The molecule has 0 aromatic heterocycles. The van der Waals surface area contributed by atoms with Crippen molar-refractivity contribution < 1.29 is 9.53 Å². The van der Waals surface area contributed by atoms with Gasteiger partial charge in [0, 0.05) is 6.54 Å². The molecule has 0 amide bonds. The Morgan fingerprint density at radius 1 is 1.47 bits per heavy atom. The molecule has 4 nitrogen and oxygen atoms in total. The lowest BCUT2D eigenvalue weighted by atomic mass is 9.92. The highest BCUT2D eigenvalue weighted by molar-refractivity contribution is 5.82. The quantitative estimate of drug-likeness (QED) is 0.650. The summed E-state index contributed by atoms with van der Waals surface area (Å²) >= 11 is 0. The molecule has 1 unspecified atom stereocenters. The van der Waals surface area contributed by atoms with E-state index in [9.17, 15) is 4.79 Å². The van der Waals surface area contributed by atoms with Gasteiger partial charge in [0.05, 0.1) is 7.11 Å². The molecule has 0 aliphatic heterocycles. The summed E-state index contributed by atoms with van der Waals surface area (Å²) in [6, 6.07) is 0. The van der Waals surface area contributed by atoms with Gasteiger partial charge in [-0.05, 0) is 51.2 Å². The Morgan fingerprint density at radius 3 is 2.53 bits per heavy atom. The summed E-state index contributed by atoms with van der Waals surface area (Å²) in [7, 11) is 3.59. The highest BCUT2D eigenvalue weighted by atomic mass is 16.5. The van der Waals surface area contributed by atoms with Gasteiger partial charge in [0.2, 0.25) is 0 Å². The molecule has 0 spiro atoms. The minimum Gasteiger partial charge on any atom is -0.468 e. The van der Waals surface area contributed by atoms with E-state index < -0.39 is 5.54 Å². The van der Waals surface area contributed by atoms with E-state index in [1.165, 1.54) is 7.11 Å². The molecule has 0 aromatic rings. The lowest BCUT2D eigenvalue weighted by Gasteiger charge is -2.36. The molecule has 1 N–H and O–H groups in total. The summed E-state index contributed by atoms with van der Waals surface area (Å²) in [5.41, 5.74) is -0.505. The van der Waals surface area contributed by atoms with Gasteiger partial charge in [-0.2, -0.15) is 0 Å². The van der Waals surface area contributed by atoms with Crippen LogP contribution in [0.5, 0.6) is 0 Å². The van der Waals surface area contributed by atoms with E-state index in [1.54, 1.807) is 0 Å². The van der Waals surface area contributed by atoms with Crippen molar-refractivity contribution in [3.05, 3.63) is 0 Å². The second-order valence-corrected chi connectivity index (χ2v) is 6.19. The second kappa shape index (κ2) is 7.25. The molecule has 0 radical (unpaired) electrons. The van der Waals surface area contributed by atoms with Gasteiger partial charge in [-0.1, -0.05) is 20.8 Å². The number of nitrogens with one attached hydrogen (secondary N) is 1. The zero-order chi connectivity index (χ0) is 14.5. The standard InChI is InChI=1S/C15H30N2O2/c1-6-16-15(13-7-8-13,14(18)19-5)11-17(4)10-9-12(2)3/h12-13,16H,6-11H2,1-5H3. The molecule has 1 atom stereocenters. The maximum atomic E-state index is 12.3. The Balaban J connectivity index is 2.69. The monoisotopic (exact) mass is 270 g/mol. The van der Waals surface area contributed by atoms with Crippen LogP contribution in [0, 0.1) is 11.8 Å². The fourth-order valence-electron chi connectivity index (χ4n) is 2.69. The van der Waals surface area contributed by atoms with E-state index in [0.717, 1.165) is 38.9 Å². The molecule has 0 saturated heterocycles. The molecule has 1 saturated carbocycles. The first-order chi connectivity index (χ1) is 8.96. The van der Waals surface area contributed by atoms with Gasteiger partial charge < -0.3 is 15.0 Å². The second-order valence-electron chi connectivity index (χ2n) is 6.19. The van der Waals surface area contributed by atoms with Crippen LogP contribution >= 0.6 is 0 Å². The van der Waals surface area contributed by atoms with Gasteiger partial charge in [-0.3, -0.25) is 0 Å². The minimum atomic E-state index is -0.505. The van der Waals surface area contributed by atoms with Crippen molar-refractivity contribution in [2.24, 2.45) is 11.8 Å².